The molecule has 0 saturated carbocycles. The zero-order valence-corrected chi connectivity index (χ0v) is 9.62. The minimum absolute atomic E-state index is 0.191. The van der Waals surface area contributed by atoms with Crippen molar-refractivity contribution in [3.8, 4) is 5.88 Å². The molecule has 2 heterocycles. The van der Waals surface area contributed by atoms with Crippen molar-refractivity contribution < 1.29 is 14.3 Å². The minimum atomic E-state index is -0.420. The van der Waals surface area contributed by atoms with Crippen LogP contribution in [0.3, 0.4) is 0 Å². The van der Waals surface area contributed by atoms with Crippen LogP contribution in [0.25, 0.3) is 0 Å². The van der Waals surface area contributed by atoms with Crippen molar-refractivity contribution in [2.24, 2.45) is 12.2 Å². The number of ether oxygens (including phenoxy) is 1. The first-order chi connectivity index (χ1) is 8.70. The van der Waals surface area contributed by atoms with Crippen molar-refractivity contribution in [2.45, 2.75) is 6.61 Å². The van der Waals surface area contributed by atoms with Gasteiger partial charge in [-0.2, -0.15) is 5.10 Å². The fourth-order valence-electron chi connectivity index (χ4n) is 1.42. The molecular weight excluding hydrogens is 239 g/mol. The average Bonchev–Trinajstić information content (AvgIpc) is 2.71. The van der Waals surface area contributed by atoms with E-state index in [1.165, 1.54) is 18.3 Å². The number of nitrogens with zero attached hydrogens (tertiary/aromatic N) is 4. The van der Waals surface area contributed by atoms with Gasteiger partial charge < -0.3 is 9.94 Å². The molecule has 18 heavy (non-hydrogen) atoms. The van der Waals surface area contributed by atoms with Crippen LogP contribution < -0.4 is 4.74 Å². The average molecular weight is 250 g/mol. The first-order valence-corrected chi connectivity index (χ1v) is 5.13. The highest BCUT2D eigenvalue weighted by Gasteiger charge is 2.08. The number of rotatable bonds is 4. The summed E-state index contributed by atoms with van der Waals surface area (Å²) in [4.78, 5) is 3.77. The van der Waals surface area contributed by atoms with Crippen LogP contribution in [0.4, 0.5) is 4.39 Å². The Morgan fingerprint density at radius 3 is 3.00 bits per heavy atom. The number of aromatic nitrogens is 3. The van der Waals surface area contributed by atoms with E-state index in [1.54, 1.807) is 17.9 Å². The third-order valence-electron chi connectivity index (χ3n) is 2.35. The third kappa shape index (κ3) is 2.62. The number of halogens is 1. The summed E-state index contributed by atoms with van der Waals surface area (Å²) in [6.07, 6.45) is 3.90. The Balaban J connectivity index is 2.10. The summed E-state index contributed by atoms with van der Waals surface area (Å²) in [5, 5.41) is 15.5. The van der Waals surface area contributed by atoms with Gasteiger partial charge in [0, 0.05) is 18.7 Å². The van der Waals surface area contributed by atoms with Crippen molar-refractivity contribution in [3.63, 3.8) is 0 Å². The van der Waals surface area contributed by atoms with E-state index in [-0.39, 0.29) is 6.61 Å². The summed E-state index contributed by atoms with van der Waals surface area (Å²) in [7, 11) is 1.74. The van der Waals surface area contributed by atoms with E-state index in [4.69, 9.17) is 9.94 Å². The van der Waals surface area contributed by atoms with E-state index in [2.05, 4.69) is 15.2 Å². The van der Waals surface area contributed by atoms with Gasteiger partial charge in [-0.3, -0.25) is 4.68 Å². The van der Waals surface area contributed by atoms with Gasteiger partial charge in [-0.25, -0.2) is 9.37 Å². The maximum atomic E-state index is 12.7. The van der Waals surface area contributed by atoms with Crippen LogP contribution >= 0.6 is 0 Å². The molecule has 0 radical (unpaired) electrons. The Morgan fingerprint density at radius 2 is 2.33 bits per heavy atom. The summed E-state index contributed by atoms with van der Waals surface area (Å²) in [6.45, 7) is 0.191. The normalized spacial score (nSPS) is 11.0. The van der Waals surface area contributed by atoms with Gasteiger partial charge in [-0.15, -0.1) is 0 Å². The topological polar surface area (TPSA) is 72.5 Å². The monoisotopic (exact) mass is 250 g/mol. The first kappa shape index (κ1) is 12.0. The van der Waals surface area contributed by atoms with Crippen LogP contribution in [-0.2, 0) is 13.7 Å². The second-order valence-corrected chi connectivity index (χ2v) is 3.52. The molecule has 0 aromatic carbocycles. The molecule has 0 spiro atoms. The Hall–Kier alpha value is -2.44. The SMILES string of the molecule is Cn1ncc(C=NO)c1COc1ccc(F)cn1. The van der Waals surface area contributed by atoms with Crippen LogP contribution in [0.1, 0.15) is 11.3 Å². The summed E-state index contributed by atoms with van der Waals surface area (Å²) in [5.74, 6) is -0.111. The Labute approximate surface area is 102 Å². The van der Waals surface area contributed by atoms with Gasteiger partial charge in [-0.05, 0) is 6.07 Å². The second-order valence-electron chi connectivity index (χ2n) is 3.52. The van der Waals surface area contributed by atoms with Crippen LogP contribution in [0.2, 0.25) is 0 Å². The number of hydrogen-bond donors (Lipinski definition) is 1. The molecule has 2 rings (SSSR count). The van der Waals surface area contributed by atoms with E-state index >= 15 is 0 Å². The molecule has 0 unspecified atom stereocenters. The smallest absolute Gasteiger partial charge is 0.213 e. The van der Waals surface area contributed by atoms with Crippen LogP contribution in [0.15, 0.2) is 29.7 Å². The fourth-order valence-corrected chi connectivity index (χ4v) is 1.42. The molecule has 0 bridgehead atoms. The predicted molar refractivity (Wildman–Crippen MR) is 61.1 cm³/mol. The zero-order valence-electron chi connectivity index (χ0n) is 9.62. The lowest BCUT2D eigenvalue weighted by Crippen LogP contribution is -2.06. The van der Waals surface area contributed by atoms with Gasteiger partial charge in [0.2, 0.25) is 5.88 Å². The van der Waals surface area contributed by atoms with Gasteiger partial charge in [0.05, 0.1) is 24.3 Å². The molecule has 0 saturated heterocycles. The number of aryl methyl sites for hydroxylation is 1. The number of oxime groups is 1. The van der Waals surface area contributed by atoms with Gasteiger partial charge in [-0.1, -0.05) is 5.16 Å². The van der Waals surface area contributed by atoms with E-state index < -0.39 is 5.82 Å². The lowest BCUT2D eigenvalue weighted by molar-refractivity contribution is 0.282. The highest BCUT2D eigenvalue weighted by atomic mass is 19.1. The molecule has 0 aliphatic carbocycles. The van der Waals surface area contributed by atoms with E-state index in [0.29, 0.717) is 11.4 Å². The van der Waals surface area contributed by atoms with Crippen molar-refractivity contribution in [3.05, 3.63) is 41.6 Å². The molecule has 7 heteroatoms. The fraction of sp³-hybridized carbons (Fsp3) is 0.182. The first-order valence-electron chi connectivity index (χ1n) is 5.13. The molecule has 6 nitrogen and oxygen atoms in total. The molecule has 0 fully saturated rings. The Bertz CT molecular complexity index is 551. The third-order valence-corrected chi connectivity index (χ3v) is 2.35. The highest BCUT2D eigenvalue weighted by Crippen LogP contribution is 2.11. The minimum Gasteiger partial charge on any atom is -0.471 e. The second kappa shape index (κ2) is 5.26. The van der Waals surface area contributed by atoms with E-state index in [9.17, 15) is 4.39 Å². The molecule has 1 N–H and O–H groups in total. The van der Waals surface area contributed by atoms with Gasteiger partial charge in [0.15, 0.2) is 0 Å². The molecule has 94 valence electrons. The molecule has 0 amide bonds. The number of hydrogen-bond acceptors (Lipinski definition) is 5. The van der Waals surface area contributed by atoms with Crippen LogP contribution in [0, 0.1) is 5.82 Å². The Morgan fingerprint density at radius 1 is 1.50 bits per heavy atom. The van der Waals surface area contributed by atoms with Gasteiger partial charge >= 0.3 is 0 Å². The molecule has 0 atom stereocenters. The molecule has 0 aliphatic heterocycles. The van der Waals surface area contributed by atoms with Crippen molar-refractivity contribution in [1.29, 1.82) is 0 Å². The van der Waals surface area contributed by atoms with Crippen LogP contribution in [-0.4, -0.2) is 26.2 Å². The van der Waals surface area contributed by atoms with Crippen molar-refractivity contribution in [1.82, 2.24) is 14.8 Å². The molecule has 0 aliphatic rings. The van der Waals surface area contributed by atoms with Gasteiger partial charge in [0.1, 0.15) is 12.4 Å². The number of pyridine rings is 1. The summed E-state index contributed by atoms with van der Waals surface area (Å²) in [5.41, 5.74) is 1.36. The maximum absolute atomic E-state index is 12.7. The zero-order chi connectivity index (χ0) is 13.0. The predicted octanol–water partition coefficient (Wildman–Crippen LogP) is 1.34. The summed E-state index contributed by atoms with van der Waals surface area (Å²) >= 11 is 0. The summed E-state index contributed by atoms with van der Waals surface area (Å²) in [6, 6.07) is 2.70. The van der Waals surface area contributed by atoms with Gasteiger partial charge in [0.25, 0.3) is 0 Å². The highest BCUT2D eigenvalue weighted by molar-refractivity contribution is 5.80. The molecule has 2 aromatic rings. The van der Waals surface area contributed by atoms with Crippen molar-refractivity contribution >= 4 is 6.21 Å². The molecule has 2 aromatic heterocycles. The van der Waals surface area contributed by atoms with E-state index in [0.717, 1.165) is 11.9 Å². The quantitative estimate of drug-likeness (QED) is 0.505. The van der Waals surface area contributed by atoms with Crippen molar-refractivity contribution in [2.75, 3.05) is 0 Å². The molecular formula is C11H11FN4O2. The lowest BCUT2D eigenvalue weighted by Gasteiger charge is -2.06. The van der Waals surface area contributed by atoms with E-state index in [1.807, 2.05) is 0 Å². The Kier molecular flexibility index (Phi) is 3.52. The maximum Gasteiger partial charge on any atom is 0.213 e. The largest absolute Gasteiger partial charge is 0.471 e. The standard InChI is InChI=1S/C11H11FN4O2/c1-16-10(8(4-14-16)5-15-17)7-18-11-3-2-9(12)6-13-11/h2-6,17H,7H2,1H3. The summed E-state index contributed by atoms with van der Waals surface area (Å²) < 4.78 is 19.6. The lowest BCUT2D eigenvalue weighted by atomic mass is 10.3. The van der Waals surface area contributed by atoms with Crippen LogP contribution in [0.5, 0.6) is 5.88 Å².